The van der Waals surface area contributed by atoms with E-state index in [9.17, 15) is 10.2 Å². The molecular formula is C16H27NO2. The van der Waals surface area contributed by atoms with Crippen molar-refractivity contribution in [3.05, 3.63) is 29.8 Å². The van der Waals surface area contributed by atoms with Crippen molar-refractivity contribution in [1.82, 2.24) is 0 Å². The van der Waals surface area contributed by atoms with Crippen LogP contribution in [0.2, 0.25) is 0 Å². The van der Waals surface area contributed by atoms with Crippen LogP contribution in [-0.2, 0) is 6.42 Å². The van der Waals surface area contributed by atoms with Gasteiger partial charge in [0.1, 0.15) is 12.5 Å². The summed E-state index contributed by atoms with van der Waals surface area (Å²) in [6, 6.07) is 8.10. The monoisotopic (exact) mass is 265 g/mol. The Morgan fingerprint density at radius 1 is 0.947 bits per heavy atom. The molecule has 0 spiro atoms. The van der Waals surface area contributed by atoms with Gasteiger partial charge in [-0.2, -0.15) is 0 Å². The van der Waals surface area contributed by atoms with E-state index in [0.717, 1.165) is 12.1 Å². The van der Waals surface area contributed by atoms with Crippen LogP contribution < -0.4 is 4.90 Å². The minimum absolute atomic E-state index is 0.699. The SMILES string of the molecule is CCCCCCc1ccc(N(C(C)O)C(C)O)cc1. The molecule has 2 unspecified atom stereocenters. The summed E-state index contributed by atoms with van der Waals surface area (Å²) < 4.78 is 0. The maximum atomic E-state index is 9.67. The lowest BCUT2D eigenvalue weighted by Crippen LogP contribution is -2.40. The molecule has 0 fully saturated rings. The van der Waals surface area contributed by atoms with Crippen molar-refractivity contribution in [3.8, 4) is 0 Å². The molecule has 0 aliphatic heterocycles. The molecule has 0 amide bonds. The number of unbranched alkanes of at least 4 members (excludes halogenated alkanes) is 3. The summed E-state index contributed by atoms with van der Waals surface area (Å²) in [5.41, 5.74) is 2.17. The van der Waals surface area contributed by atoms with Crippen LogP contribution in [0.15, 0.2) is 24.3 Å². The Morgan fingerprint density at radius 3 is 2.00 bits per heavy atom. The largest absolute Gasteiger partial charge is 0.374 e. The van der Waals surface area contributed by atoms with Gasteiger partial charge in [-0.3, -0.25) is 0 Å². The zero-order valence-corrected chi connectivity index (χ0v) is 12.3. The third-order valence-corrected chi connectivity index (χ3v) is 3.36. The summed E-state index contributed by atoms with van der Waals surface area (Å²) in [7, 11) is 0. The quantitative estimate of drug-likeness (QED) is 0.560. The molecule has 3 heteroatoms. The van der Waals surface area contributed by atoms with Gasteiger partial charge >= 0.3 is 0 Å². The highest BCUT2D eigenvalue weighted by atomic mass is 16.3. The normalized spacial score (nSPS) is 14.2. The number of anilines is 1. The van der Waals surface area contributed by atoms with Gasteiger partial charge in [-0.15, -0.1) is 0 Å². The van der Waals surface area contributed by atoms with Crippen LogP contribution in [0, 0.1) is 0 Å². The topological polar surface area (TPSA) is 43.7 Å². The molecule has 2 atom stereocenters. The molecule has 108 valence electrons. The maximum Gasteiger partial charge on any atom is 0.126 e. The first kappa shape index (κ1) is 16.0. The van der Waals surface area contributed by atoms with E-state index in [1.54, 1.807) is 18.7 Å². The molecule has 1 rings (SSSR count). The number of aliphatic hydroxyl groups excluding tert-OH is 2. The van der Waals surface area contributed by atoms with Crippen molar-refractivity contribution in [2.24, 2.45) is 0 Å². The summed E-state index contributed by atoms with van der Waals surface area (Å²) >= 11 is 0. The van der Waals surface area contributed by atoms with Crippen molar-refractivity contribution in [2.75, 3.05) is 4.90 Å². The molecule has 0 bridgehead atoms. The second kappa shape index (κ2) is 8.18. The van der Waals surface area contributed by atoms with E-state index in [1.165, 1.54) is 31.2 Å². The molecule has 0 radical (unpaired) electrons. The summed E-state index contributed by atoms with van der Waals surface area (Å²) in [5, 5.41) is 19.3. The molecule has 0 aromatic heterocycles. The van der Waals surface area contributed by atoms with Gasteiger partial charge in [0.15, 0.2) is 0 Å². The standard InChI is InChI=1S/C16H27NO2/c1-4-5-6-7-8-15-9-11-16(12-10-15)17(13(2)18)14(3)19/h9-14,18-19H,4-8H2,1-3H3. The summed E-state index contributed by atoms with van der Waals surface area (Å²) in [4.78, 5) is 1.58. The van der Waals surface area contributed by atoms with E-state index in [-0.39, 0.29) is 0 Å². The van der Waals surface area contributed by atoms with Crippen molar-refractivity contribution in [3.63, 3.8) is 0 Å². The van der Waals surface area contributed by atoms with Crippen LogP contribution in [0.4, 0.5) is 5.69 Å². The van der Waals surface area contributed by atoms with Crippen molar-refractivity contribution in [2.45, 2.75) is 65.3 Å². The number of hydrogen-bond donors (Lipinski definition) is 2. The summed E-state index contributed by atoms with van der Waals surface area (Å²) in [5.74, 6) is 0. The van der Waals surface area contributed by atoms with Gasteiger partial charge in [-0.05, 0) is 44.4 Å². The van der Waals surface area contributed by atoms with Crippen LogP contribution in [0.25, 0.3) is 0 Å². The second-order valence-electron chi connectivity index (χ2n) is 5.15. The second-order valence-corrected chi connectivity index (χ2v) is 5.15. The van der Waals surface area contributed by atoms with Gasteiger partial charge in [0.05, 0.1) is 0 Å². The average Bonchev–Trinajstić information content (AvgIpc) is 2.35. The summed E-state index contributed by atoms with van der Waals surface area (Å²) in [6.07, 6.45) is 4.77. The zero-order valence-electron chi connectivity index (χ0n) is 12.3. The average molecular weight is 265 g/mol. The molecule has 0 saturated heterocycles. The van der Waals surface area contributed by atoms with Gasteiger partial charge in [0.2, 0.25) is 0 Å². The predicted molar refractivity (Wildman–Crippen MR) is 80.1 cm³/mol. The molecule has 1 aromatic rings. The fourth-order valence-corrected chi connectivity index (χ4v) is 2.33. The highest BCUT2D eigenvalue weighted by Gasteiger charge is 2.16. The molecule has 0 aliphatic rings. The molecule has 0 heterocycles. The van der Waals surface area contributed by atoms with E-state index in [1.807, 2.05) is 12.1 Å². The lowest BCUT2D eigenvalue weighted by molar-refractivity contribution is 0.105. The Balaban J connectivity index is 2.59. The smallest absolute Gasteiger partial charge is 0.126 e. The first-order chi connectivity index (χ1) is 9.06. The van der Waals surface area contributed by atoms with E-state index in [2.05, 4.69) is 19.1 Å². The lowest BCUT2D eigenvalue weighted by Gasteiger charge is -2.30. The number of hydrogen-bond acceptors (Lipinski definition) is 3. The van der Waals surface area contributed by atoms with Crippen LogP contribution >= 0.6 is 0 Å². The third kappa shape index (κ3) is 5.21. The molecule has 19 heavy (non-hydrogen) atoms. The lowest BCUT2D eigenvalue weighted by atomic mass is 10.1. The first-order valence-corrected chi connectivity index (χ1v) is 7.29. The number of aliphatic hydroxyl groups is 2. The van der Waals surface area contributed by atoms with Crippen LogP contribution in [0.5, 0.6) is 0 Å². The van der Waals surface area contributed by atoms with E-state index in [0.29, 0.717) is 0 Å². The Hall–Kier alpha value is -1.06. The van der Waals surface area contributed by atoms with Crippen LogP contribution in [-0.4, -0.2) is 22.7 Å². The molecule has 1 aromatic carbocycles. The first-order valence-electron chi connectivity index (χ1n) is 7.29. The van der Waals surface area contributed by atoms with Gasteiger partial charge in [-0.1, -0.05) is 38.3 Å². The van der Waals surface area contributed by atoms with E-state index in [4.69, 9.17) is 0 Å². The minimum Gasteiger partial charge on any atom is -0.374 e. The fourth-order valence-electron chi connectivity index (χ4n) is 2.33. The third-order valence-electron chi connectivity index (χ3n) is 3.36. The van der Waals surface area contributed by atoms with Gasteiger partial charge in [0, 0.05) is 5.69 Å². The van der Waals surface area contributed by atoms with Gasteiger partial charge in [-0.25, -0.2) is 0 Å². The van der Waals surface area contributed by atoms with Gasteiger partial charge < -0.3 is 15.1 Å². The Morgan fingerprint density at radius 2 is 1.53 bits per heavy atom. The molecular weight excluding hydrogens is 238 g/mol. The number of nitrogens with zero attached hydrogens (tertiary/aromatic N) is 1. The fraction of sp³-hybridized carbons (Fsp3) is 0.625. The van der Waals surface area contributed by atoms with Crippen molar-refractivity contribution < 1.29 is 10.2 Å². The Kier molecular flexibility index (Phi) is 6.89. The van der Waals surface area contributed by atoms with Gasteiger partial charge in [0.25, 0.3) is 0 Å². The van der Waals surface area contributed by atoms with Crippen LogP contribution in [0.1, 0.15) is 52.0 Å². The van der Waals surface area contributed by atoms with E-state index >= 15 is 0 Å². The summed E-state index contributed by atoms with van der Waals surface area (Å²) in [6.45, 7) is 5.53. The number of benzene rings is 1. The number of aryl methyl sites for hydroxylation is 1. The van der Waals surface area contributed by atoms with Crippen molar-refractivity contribution >= 4 is 5.69 Å². The maximum absolute atomic E-state index is 9.67. The molecule has 3 nitrogen and oxygen atoms in total. The zero-order chi connectivity index (χ0) is 14.3. The molecule has 0 aliphatic carbocycles. The molecule has 2 N–H and O–H groups in total. The highest BCUT2D eigenvalue weighted by Crippen LogP contribution is 2.20. The Labute approximate surface area is 116 Å². The number of rotatable bonds is 8. The molecule has 0 saturated carbocycles. The predicted octanol–water partition coefficient (Wildman–Crippen LogP) is 3.29. The highest BCUT2D eigenvalue weighted by molar-refractivity contribution is 5.48. The van der Waals surface area contributed by atoms with Crippen LogP contribution in [0.3, 0.4) is 0 Å². The van der Waals surface area contributed by atoms with Crippen molar-refractivity contribution in [1.29, 1.82) is 0 Å². The van der Waals surface area contributed by atoms with E-state index < -0.39 is 12.5 Å². The Bertz CT molecular complexity index is 338. The minimum atomic E-state index is -0.699.